The SMILES string of the molecule is O=C(CCl)Nc1ccc(-c2nnc(-c3ccccc3)o2)cc1. The molecule has 0 fully saturated rings. The Kier molecular flexibility index (Phi) is 4.16. The Hall–Kier alpha value is -2.66. The maximum absolute atomic E-state index is 11.2. The van der Waals surface area contributed by atoms with Crippen LogP contribution in [0.2, 0.25) is 0 Å². The van der Waals surface area contributed by atoms with Gasteiger partial charge in [-0.2, -0.15) is 0 Å². The average molecular weight is 314 g/mol. The van der Waals surface area contributed by atoms with Gasteiger partial charge in [-0.05, 0) is 36.4 Å². The van der Waals surface area contributed by atoms with E-state index in [9.17, 15) is 4.79 Å². The van der Waals surface area contributed by atoms with E-state index in [0.717, 1.165) is 11.1 Å². The molecule has 1 aromatic heterocycles. The number of halogens is 1. The number of carbonyl (C=O) groups excluding carboxylic acids is 1. The summed E-state index contributed by atoms with van der Waals surface area (Å²) >= 11 is 5.44. The number of benzene rings is 2. The molecule has 22 heavy (non-hydrogen) atoms. The summed E-state index contributed by atoms with van der Waals surface area (Å²) in [5.41, 5.74) is 2.31. The maximum Gasteiger partial charge on any atom is 0.248 e. The summed E-state index contributed by atoms with van der Waals surface area (Å²) in [6.45, 7) is 0. The van der Waals surface area contributed by atoms with Crippen LogP contribution in [0.4, 0.5) is 5.69 Å². The number of hydrogen-bond acceptors (Lipinski definition) is 4. The average Bonchev–Trinajstić information content (AvgIpc) is 3.06. The van der Waals surface area contributed by atoms with Crippen LogP contribution in [0.5, 0.6) is 0 Å². The van der Waals surface area contributed by atoms with Gasteiger partial charge in [-0.25, -0.2) is 0 Å². The molecule has 0 bridgehead atoms. The summed E-state index contributed by atoms with van der Waals surface area (Å²) < 4.78 is 5.67. The molecule has 1 N–H and O–H groups in total. The quantitative estimate of drug-likeness (QED) is 0.747. The van der Waals surface area contributed by atoms with Gasteiger partial charge in [0.1, 0.15) is 5.88 Å². The van der Waals surface area contributed by atoms with Crippen LogP contribution in [0, 0.1) is 0 Å². The fraction of sp³-hybridized carbons (Fsp3) is 0.0625. The number of carbonyl (C=O) groups is 1. The predicted octanol–water partition coefficient (Wildman–Crippen LogP) is 3.58. The van der Waals surface area contributed by atoms with Crippen molar-refractivity contribution in [3.63, 3.8) is 0 Å². The molecule has 110 valence electrons. The van der Waals surface area contributed by atoms with Crippen molar-refractivity contribution < 1.29 is 9.21 Å². The lowest BCUT2D eigenvalue weighted by molar-refractivity contribution is -0.113. The Morgan fingerprint density at radius 2 is 1.55 bits per heavy atom. The monoisotopic (exact) mass is 313 g/mol. The first-order valence-electron chi connectivity index (χ1n) is 6.61. The van der Waals surface area contributed by atoms with E-state index < -0.39 is 0 Å². The van der Waals surface area contributed by atoms with Gasteiger partial charge in [-0.1, -0.05) is 18.2 Å². The predicted molar refractivity (Wildman–Crippen MR) is 84.5 cm³/mol. The highest BCUT2D eigenvalue weighted by Gasteiger charge is 2.10. The fourth-order valence-electron chi connectivity index (χ4n) is 1.93. The Morgan fingerprint density at radius 3 is 2.14 bits per heavy atom. The molecule has 2 aromatic carbocycles. The van der Waals surface area contributed by atoms with Gasteiger partial charge < -0.3 is 9.73 Å². The zero-order valence-electron chi connectivity index (χ0n) is 11.5. The largest absolute Gasteiger partial charge is 0.416 e. The Bertz CT molecular complexity index is 770. The van der Waals surface area contributed by atoms with Gasteiger partial charge in [0.15, 0.2) is 0 Å². The molecule has 0 spiro atoms. The molecule has 1 heterocycles. The number of amides is 1. The summed E-state index contributed by atoms with van der Waals surface area (Å²) in [6, 6.07) is 16.7. The van der Waals surface area contributed by atoms with E-state index in [1.165, 1.54) is 0 Å². The molecule has 0 aliphatic carbocycles. The van der Waals surface area contributed by atoms with E-state index in [-0.39, 0.29) is 11.8 Å². The molecule has 1 amide bonds. The summed E-state index contributed by atoms with van der Waals surface area (Å²) in [6.07, 6.45) is 0. The van der Waals surface area contributed by atoms with Crippen molar-refractivity contribution in [3.8, 4) is 22.9 Å². The summed E-state index contributed by atoms with van der Waals surface area (Å²) in [4.78, 5) is 11.2. The minimum Gasteiger partial charge on any atom is -0.416 e. The molecular weight excluding hydrogens is 302 g/mol. The molecule has 0 saturated carbocycles. The minimum absolute atomic E-state index is 0.0775. The van der Waals surface area contributed by atoms with Crippen LogP contribution >= 0.6 is 11.6 Å². The smallest absolute Gasteiger partial charge is 0.248 e. The number of aromatic nitrogens is 2. The standard InChI is InChI=1S/C16H12ClN3O2/c17-10-14(21)18-13-8-6-12(7-9-13)16-20-19-15(22-16)11-4-2-1-3-5-11/h1-9H,10H2,(H,18,21). The van der Waals surface area contributed by atoms with Gasteiger partial charge in [-0.15, -0.1) is 21.8 Å². The van der Waals surface area contributed by atoms with Crippen LogP contribution < -0.4 is 5.32 Å². The lowest BCUT2D eigenvalue weighted by atomic mass is 10.2. The molecule has 6 heteroatoms. The van der Waals surface area contributed by atoms with Crippen LogP contribution in [0.25, 0.3) is 22.9 Å². The Morgan fingerprint density at radius 1 is 0.955 bits per heavy atom. The second-order valence-corrected chi connectivity index (χ2v) is 4.80. The van der Waals surface area contributed by atoms with E-state index in [0.29, 0.717) is 17.5 Å². The molecular formula is C16H12ClN3O2. The van der Waals surface area contributed by atoms with Gasteiger partial charge in [0.25, 0.3) is 0 Å². The highest BCUT2D eigenvalue weighted by Crippen LogP contribution is 2.24. The van der Waals surface area contributed by atoms with Crippen LogP contribution in [0.1, 0.15) is 0 Å². The Balaban J connectivity index is 1.80. The third-order valence-electron chi connectivity index (χ3n) is 2.98. The number of hydrogen-bond donors (Lipinski definition) is 1. The van der Waals surface area contributed by atoms with Crippen molar-refractivity contribution in [2.24, 2.45) is 0 Å². The first-order valence-corrected chi connectivity index (χ1v) is 7.15. The molecule has 0 saturated heterocycles. The minimum atomic E-state index is -0.251. The lowest BCUT2D eigenvalue weighted by Crippen LogP contribution is -2.12. The van der Waals surface area contributed by atoms with E-state index >= 15 is 0 Å². The molecule has 0 aliphatic rings. The summed E-state index contributed by atoms with van der Waals surface area (Å²) in [7, 11) is 0. The van der Waals surface area contributed by atoms with E-state index in [4.69, 9.17) is 16.0 Å². The normalized spacial score (nSPS) is 10.4. The molecule has 3 aromatic rings. The lowest BCUT2D eigenvalue weighted by Gasteiger charge is -2.02. The van der Waals surface area contributed by atoms with E-state index in [2.05, 4.69) is 15.5 Å². The molecule has 5 nitrogen and oxygen atoms in total. The number of anilines is 1. The van der Waals surface area contributed by atoms with E-state index in [1.807, 2.05) is 30.3 Å². The summed E-state index contributed by atoms with van der Waals surface area (Å²) in [5.74, 6) is 0.564. The first-order chi connectivity index (χ1) is 10.8. The number of nitrogens with one attached hydrogen (secondary N) is 1. The second kappa shape index (κ2) is 6.41. The van der Waals surface area contributed by atoms with Crippen molar-refractivity contribution in [2.45, 2.75) is 0 Å². The molecule has 0 radical (unpaired) electrons. The highest BCUT2D eigenvalue weighted by atomic mass is 35.5. The molecule has 0 unspecified atom stereocenters. The van der Waals surface area contributed by atoms with Gasteiger partial charge in [0, 0.05) is 16.8 Å². The third-order valence-corrected chi connectivity index (χ3v) is 3.23. The van der Waals surface area contributed by atoms with Crippen molar-refractivity contribution in [1.82, 2.24) is 10.2 Å². The van der Waals surface area contributed by atoms with Crippen LogP contribution in [-0.2, 0) is 4.79 Å². The molecule has 0 atom stereocenters. The first kappa shape index (κ1) is 14.3. The molecule has 0 aliphatic heterocycles. The van der Waals surface area contributed by atoms with Gasteiger partial charge in [0.05, 0.1) is 0 Å². The van der Waals surface area contributed by atoms with Crippen LogP contribution in [-0.4, -0.2) is 22.0 Å². The fourth-order valence-corrected chi connectivity index (χ4v) is 1.99. The zero-order valence-corrected chi connectivity index (χ0v) is 12.2. The highest BCUT2D eigenvalue weighted by molar-refractivity contribution is 6.29. The van der Waals surface area contributed by atoms with Crippen molar-refractivity contribution in [3.05, 3.63) is 54.6 Å². The maximum atomic E-state index is 11.2. The molecule has 3 rings (SSSR count). The number of rotatable bonds is 4. The van der Waals surface area contributed by atoms with Crippen molar-refractivity contribution in [1.29, 1.82) is 0 Å². The number of alkyl halides is 1. The van der Waals surface area contributed by atoms with Gasteiger partial charge >= 0.3 is 0 Å². The van der Waals surface area contributed by atoms with Crippen molar-refractivity contribution in [2.75, 3.05) is 11.2 Å². The van der Waals surface area contributed by atoms with Crippen LogP contribution in [0.15, 0.2) is 59.0 Å². The van der Waals surface area contributed by atoms with Crippen molar-refractivity contribution >= 4 is 23.2 Å². The zero-order chi connectivity index (χ0) is 15.4. The van der Waals surface area contributed by atoms with E-state index in [1.54, 1.807) is 24.3 Å². The Labute approximate surface area is 131 Å². The van der Waals surface area contributed by atoms with Gasteiger partial charge in [-0.3, -0.25) is 4.79 Å². The summed E-state index contributed by atoms with van der Waals surface area (Å²) in [5, 5.41) is 10.8. The topological polar surface area (TPSA) is 68.0 Å². The third kappa shape index (κ3) is 3.15. The number of nitrogens with zero attached hydrogens (tertiary/aromatic N) is 2. The van der Waals surface area contributed by atoms with Crippen LogP contribution in [0.3, 0.4) is 0 Å². The second-order valence-electron chi connectivity index (χ2n) is 4.54. The van der Waals surface area contributed by atoms with Gasteiger partial charge in [0.2, 0.25) is 17.7 Å².